The van der Waals surface area contributed by atoms with Crippen molar-refractivity contribution in [2.45, 2.75) is 19.9 Å². The average Bonchev–Trinajstić information content (AvgIpc) is 2.09. The van der Waals surface area contributed by atoms with E-state index in [2.05, 4.69) is 28.8 Å². The van der Waals surface area contributed by atoms with Gasteiger partial charge in [0, 0.05) is 6.54 Å². The molecule has 4 nitrogen and oxygen atoms in total. The van der Waals surface area contributed by atoms with Gasteiger partial charge in [-0.1, -0.05) is 6.92 Å². The van der Waals surface area contributed by atoms with E-state index in [4.69, 9.17) is 5.73 Å². The highest BCUT2D eigenvalue weighted by molar-refractivity contribution is 5.22. The van der Waals surface area contributed by atoms with Crippen LogP contribution in [0.2, 0.25) is 0 Å². The van der Waals surface area contributed by atoms with E-state index < -0.39 is 0 Å². The molecular weight excluding hydrogens is 164 g/mol. The van der Waals surface area contributed by atoms with Gasteiger partial charge in [0.1, 0.15) is 5.82 Å². The monoisotopic (exact) mass is 180 g/mol. The van der Waals surface area contributed by atoms with E-state index in [1.54, 1.807) is 12.4 Å². The molecule has 0 radical (unpaired) electrons. The molecule has 2 N–H and O–H groups in total. The van der Waals surface area contributed by atoms with Gasteiger partial charge in [0.05, 0.1) is 18.1 Å². The number of rotatable bonds is 4. The van der Waals surface area contributed by atoms with Crippen molar-refractivity contribution in [3.8, 4) is 0 Å². The Kier molecular flexibility index (Phi) is 3.64. The van der Waals surface area contributed by atoms with Gasteiger partial charge in [0.25, 0.3) is 0 Å². The predicted molar refractivity (Wildman–Crippen MR) is 53.1 cm³/mol. The minimum atomic E-state index is 0.474. The van der Waals surface area contributed by atoms with Crippen LogP contribution in [0, 0.1) is 0 Å². The largest absolute Gasteiger partial charge is 0.382 e. The number of nitrogen functional groups attached to an aromatic ring is 1. The number of nitrogens with two attached hydrogens (primary N) is 1. The number of nitrogens with zero attached hydrogens (tertiary/aromatic N) is 3. The molecule has 0 aliphatic carbocycles. The van der Waals surface area contributed by atoms with Crippen LogP contribution in [0.25, 0.3) is 0 Å². The van der Waals surface area contributed by atoms with Gasteiger partial charge in [-0.05, 0) is 20.0 Å². The predicted octanol–water partition coefficient (Wildman–Crippen LogP) is 0.901. The normalized spacial score (nSPS) is 10.7. The SMILES string of the molecule is CCCN(C)Cc1cnc(N)cn1. The van der Waals surface area contributed by atoms with Crippen molar-refractivity contribution in [2.75, 3.05) is 19.3 Å². The van der Waals surface area contributed by atoms with Gasteiger partial charge in [-0.3, -0.25) is 4.98 Å². The highest BCUT2D eigenvalue weighted by Crippen LogP contribution is 2.00. The van der Waals surface area contributed by atoms with Crippen molar-refractivity contribution >= 4 is 5.82 Å². The van der Waals surface area contributed by atoms with E-state index in [9.17, 15) is 0 Å². The van der Waals surface area contributed by atoms with Crippen molar-refractivity contribution in [1.29, 1.82) is 0 Å². The van der Waals surface area contributed by atoms with Gasteiger partial charge in [-0.25, -0.2) is 4.98 Å². The van der Waals surface area contributed by atoms with Gasteiger partial charge < -0.3 is 10.6 Å². The summed E-state index contributed by atoms with van der Waals surface area (Å²) in [5, 5.41) is 0. The summed E-state index contributed by atoms with van der Waals surface area (Å²) in [5.74, 6) is 0.474. The van der Waals surface area contributed by atoms with Crippen LogP contribution in [0.3, 0.4) is 0 Å². The molecule has 0 amide bonds. The number of anilines is 1. The lowest BCUT2D eigenvalue weighted by atomic mass is 10.4. The second-order valence-electron chi connectivity index (χ2n) is 3.17. The molecule has 1 aromatic rings. The third-order valence-electron chi connectivity index (χ3n) is 1.76. The van der Waals surface area contributed by atoms with Crippen LogP contribution in [0.5, 0.6) is 0 Å². The smallest absolute Gasteiger partial charge is 0.141 e. The fourth-order valence-electron chi connectivity index (χ4n) is 1.18. The lowest BCUT2D eigenvalue weighted by Crippen LogP contribution is -2.19. The van der Waals surface area contributed by atoms with Crippen LogP contribution < -0.4 is 5.73 Å². The summed E-state index contributed by atoms with van der Waals surface area (Å²) in [5.41, 5.74) is 6.39. The lowest BCUT2D eigenvalue weighted by Gasteiger charge is -2.14. The van der Waals surface area contributed by atoms with Crippen LogP contribution in [0.4, 0.5) is 5.82 Å². The molecule has 0 fully saturated rings. The minimum Gasteiger partial charge on any atom is -0.382 e. The molecule has 0 aromatic carbocycles. The molecule has 4 heteroatoms. The van der Waals surface area contributed by atoms with E-state index >= 15 is 0 Å². The van der Waals surface area contributed by atoms with E-state index in [1.165, 1.54) is 0 Å². The molecule has 0 saturated heterocycles. The maximum atomic E-state index is 5.43. The highest BCUT2D eigenvalue weighted by atomic mass is 15.1. The summed E-state index contributed by atoms with van der Waals surface area (Å²) >= 11 is 0. The fraction of sp³-hybridized carbons (Fsp3) is 0.556. The van der Waals surface area contributed by atoms with Gasteiger partial charge in [-0.2, -0.15) is 0 Å². The Morgan fingerprint density at radius 3 is 2.69 bits per heavy atom. The maximum absolute atomic E-state index is 5.43. The molecule has 0 aliphatic rings. The number of hydrogen-bond acceptors (Lipinski definition) is 4. The molecular formula is C9H16N4. The molecule has 0 aliphatic heterocycles. The Balaban J connectivity index is 2.49. The second kappa shape index (κ2) is 4.77. The molecule has 13 heavy (non-hydrogen) atoms. The van der Waals surface area contributed by atoms with Crippen LogP contribution in [0.15, 0.2) is 12.4 Å². The quantitative estimate of drug-likeness (QED) is 0.748. The van der Waals surface area contributed by atoms with Crippen molar-refractivity contribution in [1.82, 2.24) is 14.9 Å². The fourth-order valence-corrected chi connectivity index (χ4v) is 1.18. The third-order valence-corrected chi connectivity index (χ3v) is 1.76. The topological polar surface area (TPSA) is 55.0 Å². The zero-order valence-electron chi connectivity index (χ0n) is 8.20. The molecule has 0 atom stereocenters. The highest BCUT2D eigenvalue weighted by Gasteiger charge is 1.99. The minimum absolute atomic E-state index is 0.474. The maximum Gasteiger partial charge on any atom is 0.141 e. The first-order valence-electron chi connectivity index (χ1n) is 4.47. The first-order valence-corrected chi connectivity index (χ1v) is 4.47. The zero-order valence-corrected chi connectivity index (χ0v) is 8.20. The van der Waals surface area contributed by atoms with Gasteiger partial charge >= 0.3 is 0 Å². The van der Waals surface area contributed by atoms with Crippen molar-refractivity contribution in [3.05, 3.63) is 18.1 Å². The van der Waals surface area contributed by atoms with Gasteiger partial charge in [0.2, 0.25) is 0 Å². The molecule has 1 aromatic heterocycles. The first-order chi connectivity index (χ1) is 6.22. The van der Waals surface area contributed by atoms with E-state index in [-0.39, 0.29) is 0 Å². The second-order valence-corrected chi connectivity index (χ2v) is 3.17. The Morgan fingerprint density at radius 2 is 2.15 bits per heavy atom. The summed E-state index contributed by atoms with van der Waals surface area (Å²) in [6.07, 6.45) is 4.47. The van der Waals surface area contributed by atoms with Gasteiger partial charge in [-0.15, -0.1) is 0 Å². The number of hydrogen-bond donors (Lipinski definition) is 1. The summed E-state index contributed by atoms with van der Waals surface area (Å²) in [4.78, 5) is 10.4. The molecule has 0 saturated carbocycles. The van der Waals surface area contributed by atoms with Crippen LogP contribution in [0.1, 0.15) is 19.0 Å². The Labute approximate surface area is 78.8 Å². The molecule has 1 rings (SSSR count). The zero-order chi connectivity index (χ0) is 9.68. The van der Waals surface area contributed by atoms with Crippen molar-refractivity contribution < 1.29 is 0 Å². The van der Waals surface area contributed by atoms with E-state index in [0.717, 1.165) is 25.2 Å². The summed E-state index contributed by atoms with van der Waals surface area (Å²) in [6, 6.07) is 0. The Bertz CT molecular complexity index is 244. The summed E-state index contributed by atoms with van der Waals surface area (Å²) in [7, 11) is 2.07. The number of aromatic nitrogens is 2. The molecule has 1 heterocycles. The Hall–Kier alpha value is -1.16. The summed E-state index contributed by atoms with van der Waals surface area (Å²) < 4.78 is 0. The molecule has 0 bridgehead atoms. The van der Waals surface area contributed by atoms with Crippen LogP contribution in [-0.4, -0.2) is 28.5 Å². The van der Waals surface area contributed by atoms with E-state index in [1.807, 2.05) is 0 Å². The first kappa shape index (κ1) is 9.92. The van der Waals surface area contributed by atoms with Crippen molar-refractivity contribution in [2.24, 2.45) is 0 Å². The summed E-state index contributed by atoms with van der Waals surface area (Å²) in [6.45, 7) is 4.07. The van der Waals surface area contributed by atoms with Gasteiger partial charge in [0.15, 0.2) is 0 Å². The lowest BCUT2D eigenvalue weighted by molar-refractivity contribution is 0.323. The molecule has 0 unspecified atom stereocenters. The van der Waals surface area contributed by atoms with E-state index in [0.29, 0.717) is 5.82 Å². The third kappa shape index (κ3) is 3.38. The average molecular weight is 180 g/mol. The standard InChI is InChI=1S/C9H16N4/c1-3-4-13(2)7-8-5-12-9(10)6-11-8/h5-6H,3-4,7H2,1-2H3,(H2,10,12). The Morgan fingerprint density at radius 1 is 1.38 bits per heavy atom. The molecule has 72 valence electrons. The van der Waals surface area contributed by atoms with Crippen molar-refractivity contribution in [3.63, 3.8) is 0 Å². The van der Waals surface area contributed by atoms with Crippen LogP contribution in [-0.2, 0) is 6.54 Å². The van der Waals surface area contributed by atoms with Crippen LogP contribution >= 0.6 is 0 Å². The molecule has 0 spiro atoms.